The molecule has 6 heteroatoms. The summed E-state index contributed by atoms with van der Waals surface area (Å²) in [4.78, 5) is 13.0. The van der Waals surface area contributed by atoms with Gasteiger partial charge in [0.15, 0.2) is 5.75 Å². The van der Waals surface area contributed by atoms with Gasteiger partial charge >= 0.3 is 5.69 Å². The van der Waals surface area contributed by atoms with Crippen LogP contribution >= 0.6 is 0 Å². The summed E-state index contributed by atoms with van der Waals surface area (Å²) in [6, 6.07) is 5.11. The van der Waals surface area contributed by atoms with Crippen molar-refractivity contribution in [1.82, 2.24) is 10.2 Å². The maximum atomic E-state index is 11.0. The van der Waals surface area contributed by atoms with Crippen LogP contribution in [0.4, 0.5) is 5.69 Å². The highest BCUT2D eigenvalue weighted by atomic mass is 16.6. The smallest absolute Gasteiger partial charge is 0.311 e. The molecule has 0 bridgehead atoms. The Morgan fingerprint density at radius 2 is 2.33 bits per heavy atom. The molecule has 1 aromatic carbocycles. The lowest BCUT2D eigenvalue weighted by Crippen LogP contribution is -2.26. The normalized spacial score (nSPS) is 18.9. The monoisotopic (exact) mass is 293 g/mol. The fourth-order valence-electron chi connectivity index (χ4n) is 2.78. The maximum Gasteiger partial charge on any atom is 0.311 e. The number of nitro groups is 1. The van der Waals surface area contributed by atoms with E-state index in [0.29, 0.717) is 18.2 Å². The molecule has 1 fully saturated rings. The van der Waals surface area contributed by atoms with Crippen molar-refractivity contribution in [2.45, 2.75) is 19.9 Å². The molecule has 0 aromatic heterocycles. The first-order valence-corrected chi connectivity index (χ1v) is 7.38. The van der Waals surface area contributed by atoms with Crippen LogP contribution in [0.1, 0.15) is 18.9 Å². The molecule has 0 aliphatic carbocycles. The number of nitrogens with one attached hydrogen (secondary N) is 1. The van der Waals surface area contributed by atoms with E-state index in [1.807, 2.05) is 6.07 Å². The van der Waals surface area contributed by atoms with E-state index in [9.17, 15) is 10.1 Å². The Labute approximate surface area is 125 Å². The Bertz CT molecular complexity index is 493. The molecule has 0 radical (unpaired) electrons. The fourth-order valence-corrected chi connectivity index (χ4v) is 2.78. The van der Waals surface area contributed by atoms with Crippen LogP contribution in [-0.4, -0.2) is 43.1 Å². The molecule has 0 spiro atoms. The van der Waals surface area contributed by atoms with E-state index in [4.69, 9.17) is 4.74 Å². The molecule has 6 nitrogen and oxygen atoms in total. The van der Waals surface area contributed by atoms with Crippen LogP contribution in [0.5, 0.6) is 5.75 Å². The molecule has 0 saturated carbocycles. The molecule has 1 aliphatic heterocycles. The lowest BCUT2D eigenvalue weighted by Gasteiger charge is -2.14. The highest BCUT2D eigenvalue weighted by Crippen LogP contribution is 2.27. The summed E-state index contributed by atoms with van der Waals surface area (Å²) in [6.07, 6.45) is 1.23. The van der Waals surface area contributed by atoms with Crippen molar-refractivity contribution in [3.63, 3.8) is 0 Å². The summed E-state index contributed by atoms with van der Waals surface area (Å²) in [7, 11) is 1.44. The summed E-state index contributed by atoms with van der Waals surface area (Å²) in [6.45, 7) is 7.22. The molecule has 0 amide bonds. The van der Waals surface area contributed by atoms with Gasteiger partial charge in [-0.25, -0.2) is 0 Å². The van der Waals surface area contributed by atoms with E-state index in [1.165, 1.54) is 20.1 Å². The number of nitrogens with zero attached hydrogens (tertiary/aromatic N) is 2. The number of rotatable bonds is 7. The number of nitro benzene ring substituents is 1. The van der Waals surface area contributed by atoms with Gasteiger partial charge in [0.25, 0.3) is 0 Å². The van der Waals surface area contributed by atoms with Crippen LogP contribution in [0.15, 0.2) is 18.2 Å². The molecule has 1 saturated heterocycles. The van der Waals surface area contributed by atoms with Gasteiger partial charge in [0, 0.05) is 19.2 Å². The predicted octanol–water partition coefficient (Wildman–Crippen LogP) is 2.03. The Hall–Kier alpha value is -1.66. The van der Waals surface area contributed by atoms with Crippen molar-refractivity contribution < 1.29 is 9.66 Å². The second kappa shape index (κ2) is 7.38. The Morgan fingerprint density at radius 3 is 2.95 bits per heavy atom. The minimum absolute atomic E-state index is 0.0230. The fraction of sp³-hybridized carbons (Fsp3) is 0.600. The van der Waals surface area contributed by atoms with E-state index in [1.54, 1.807) is 12.1 Å². The minimum atomic E-state index is -0.404. The quantitative estimate of drug-likeness (QED) is 0.615. The second-order valence-electron chi connectivity index (χ2n) is 5.44. The molecule has 1 heterocycles. The van der Waals surface area contributed by atoms with Gasteiger partial charge < -0.3 is 15.0 Å². The lowest BCUT2D eigenvalue weighted by atomic mass is 10.1. The van der Waals surface area contributed by atoms with E-state index in [-0.39, 0.29) is 5.69 Å². The third-order valence-corrected chi connectivity index (χ3v) is 4.02. The van der Waals surface area contributed by atoms with Crippen molar-refractivity contribution in [1.29, 1.82) is 0 Å². The van der Waals surface area contributed by atoms with Gasteiger partial charge in [-0.1, -0.05) is 13.0 Å². The first-order valence-electron chi connectivity index (χ1n) is 7.38. The topological polar surface area (TPSA) is 67.6 Å². The lowest BCUT2D eigenvalue weighted by molar-refractivity contribution is -0.385. The van der Waals surface area contributed by atoms with Crippen molar-refractivity contribution in [2.24, 2.45) is 5.92 Å². The van der Waals surface area contributed by atoms with E-state index < -0.39 is 4.92 Å². The highest BCUT2D eigenvalue weighted by molar-refractivity contribution is 5.48. The predicted molar refractivity (Wildman–Crippen MR) is 81.6 cm³/mol. The number of likely N-dealkylation sites (tertiary alicyclic amines) is 1. The Kier molecular flexibility index (Phi) is 5.52. The molecule has 116 valence electrons. The van der Waals surface area contributed by atoms with Gasteiger partial charge in [-0.2, -0.15) is 0 Å². The second-order valence-corrected chi connectivity index (χ2v) is 5.44. The zero-order valence-electron chi connectivity index (χ0n) is 12.7. The average Bonchev–Trinajstić information content (AvgIpc) is 2.95. The van der Waals surface area contributed by atoms with Crippen molar-refractivity contribution in [2.75, 3.05) is 33.3 Å². The molecule has 1 unspecified atom stereocenters. The zero-order chi connectivity index (χ0) is 15.2. The largest absolute Gasteiger partial charge is 0.490 e. The van der Waals surface area contributed by atoms with Crippen molar-refractivity contribution in [3.05, 3.63) is 33.9 Å². The van der Waals surface area contributed by atoms with Gasteiger partial charge in [0.1, 0.15) is 0 Å². The molecule has 21 heavy (non-hydrogen) atoms. The van der Waals surface area contributed by atoms with Crippen molar-refractivity contribution in [3.8, 4) is 5.75 Å². The molecule has 1 aliphatic rings. The summed E-state index contributed by atoms with van der Waals surface area (Å²) in [5.74, 6) is 0.983. The van der Waals surface area contributed by atoms with E-state index >= 15 is 0 Å². The van der Waals surface area contributed by atoms with Crippen LogP contribution < -0.4 is 10.1 Å². The Morgan fingerprint density at radius 1 is 1.52 bits per heavy atom. The van der Waals surface area contributed by atoms with Crippen molar-refractivity contribution >= 4 is 5.69 Å². The van der Waals surface area contributed by atoms with Crippen LogP contribution in [0.2, 0.25) is 0 Å². The van der Waals surface area contributed by atoms with Gasteiger partial charge in [0.2, 0.25) is 0 Å². The number of hydrogen-bond donors (Lipinski definition) is 1. The van der Waals surface area contributed by atoms with Gasteiger partial charge in [-0.15, -0.1) is 0 Å². The Balaban J connectivity index is 1.86. The van der Waals surface area contributed by atoms with E-state index in [0.717, 1.165) is 25.2 Å². The summed E-state index contributed by atoms with van der Waals surface area (Å²) >= 11 is 0. The number of benzene rings is 1. The molecule has 1 N–H and O–H groups in total. The first kappa shape index (κ1) is 15.7. The maximum absolute atomic E-state index is 11.0. The van der Waals surface area contributed by atoms with Crippen LogP contribution in [0.3, 0.4) is 0 Å². The summed E-state index contributed by atoms with van der Waals surface area (Å²) in [5, 5.41) is 14.4. The summed E-state index contributed by atoms with van der Waals surface area (Å²) < 4.78 is 5.00. The number of ether oxygens (including phenoxy) is 1. The van der Waals surface area contributed by atoms with Crippen LogP contribution in [0, 0.1) is 16.0 Å². The average molecular weight is 293 g/mol. The zero-order valence-corrected chi connectivity index (χ0v) is 12.7. The first-order chi connectivity index (χ1) is 10.1. The minimum Gasteiger partial charge on any atom is -0.490 e. The SMILES string of the molecule is CCN1CCC(CNCc2ccc(OC)c([N+](=O)[O-])c2)C1. The van der Waals surface area contributed by atoms with Gasteiger partial charge in [-0.05, 0) is 43.6 Å². The molecule has 2 rings (SSSR count). The molecular formula is C15H23N3O3. The standard InChI is InChI=1S/C15H23N3O3/c1-3-17-7-6-13(11-17)10-16-9-12-4-5-15(21-2)14(8-12)18(19)20/h4-5,8,13,16H,3,6-7,9-11H2,1-2H3. The molecular weight excluding hydrogens is 270 g/mol. The van der Waals surface area contributed by atoms with Gasteiger partial charge in [0.05, 0.1) is 12.0 Å². The third kappa shape index (κ3) is 4.15. The molecule has 1 aromatic rings. The van der Waals surface area contributed by atoms with Crippen LogP contribution in [0.25, 0.3) is 0 Å². The van der Waals surface area contributed by atoms with E-state index in [2.05, 4.69) is 17.1 Å². The highest BCUT2D eigenvalue weighted by Gasteiger charge is 2.20. The third-order valence-electron chi connectivity index (χ3n) is 4.02. The summed E-state index contributed by atoms with van der Waals surface area (Å²) in [5.41, 5.74) is 0.933. The number of hydrogen-bond acceptors (Lipinski definition) is 5. The number of methoxy groups -OCH3 is 1. The van der Waals surface area contributed by atoms with Crippen LogP contribution in [-0.2, 0) is 6.54 Å². The molecule has 1 atom stereocenters. The van der Waals surface area contributed by atoms with Gasteiger partial charge in [-0.3, -0.25) is 10.1 Å².